The molecule has 0 bridgehead atoms. The Bertz CT molecular complexity index is 377. The molecule has 1 unspecified atom stereocenters. The molecule has 0 spiro atoms. The van der Waals surface area contributed by atoms with E-state index in [0.717, 1.165) is 12.8 Å². The van der Waals surface area contributed by atoms with Gasteiger partial charge in [0.25, 0.3) is 0 Å². The van der Waals surface area contributed by atoms with E-state index in [9.17, 15) is 0 Å². The maximum absolute atomic E-state index is 5.68. The highest BCUT2D eigenvalue weighted by molar-refractivity contribution is 9.10. The molecule has 0 amide bonds. The van der Waals surface area contributed by atoms with Gasteiger partial charge in [-0.1, -0.05) is 53.0 Å². The minimum absolute atomic E-state index is 0.225. The average Bonchev–Trinajstić information content (AvgIpc) is 2.38. The molecule has 18 heavy (non-hydrogen) atoms. The third kappa shape index (κ3) is 4.56. The van der Waals surface area contributed by atoms with Crippen molar-refractivity contribution in [3.63, 3.8) is 0 Å². The van der Waals surface area contributed by atoms with Gasteiger partial charge in [0.05, 0.1) is 0 Å². The van der Waals surface area contributed by atoms with Gasteiger partial charge < -0.3 is 0 Å². The number of hydrogen-bond donors (Lipinski definition) is 2. The normalized spacial score (nSPS) is 12.4. The number of rotatable bonds is 8. The second kappa shape index (κ2) is 8.46. The summed E-state index contributed by atoms with van der Waals surface area (Å²) in [5.41, 5.74) is 5.43. The van der Waals surface area contributed by atoms with Crippen molar-refractivity contribution in [2.24, 2.45) is 5.84 Å². The predicted molar refractivity (Wildman–Crippen MR) is 82.2 cm³/mol. The molecule has 0 radical (unpaired) electrons. The van der Waals surface area contributed by atoms with Crippen LogP contribution in [0.2, 0.25) is 0 Å². The van der Waals surface area contributed by atoms with Crippen molar-refractivity contribution in [1.29, 1.82) is 0 Å². The van der Waals surface area contributed by atoms with Gasteiger partial charge in [0.15, 0.2) is 0 Å². The summed E-state index contributed by atoms with van der Waals surface area (Å²) < 4.78 is 1.17. The molecule has 0 heterocycles. The average molecular weight is 311 g/mol. The lowest BCUT2D eigenvalue weighted by Crippen LogP contribution is -2.28. The van der Waals surface area contributed by atoms with E-state index < -0.39 is 0 Å². The second-order valence-corrected chi connectivity index (χ2v) is 5.42. The van der Waals surface area contributed by atoms with Crippen LogP contribution < -0.4 is 11.3 Å². The zero-order valence-electron chi connectivity index (χ0n) is 11.1. The van der Waals surface area contributed by atoms with Gasteiger partial charge in [-0.05, 0) is 37.3 Å². The Morgan fingerprint density at radius 1 is 1.39 bits per heavy atom. The summed E-state index contributed by atoms with van der Waals surface area (Å²) in [6.45, 7) is 5.84. The maximum atomic E-state index is 5.68. The molecule has 0 saturated carbocycles. The van der Waals surface area contributed by atoms with Crippen molar-refractivity contribution in [1.82, 2.24) is 5.43 Å². The summed E-state index contributed by atoms with van der Waals surface area (Å²) in [6.07, 6.45) is 7.78. The number of hydrogen-bond acceptors (Lipinski definition) is 2. The number of nitrogens with two attached hydrogens (primary N) is 1. The maximum Gasteiger partial charge on any atom is 0.0471 e. The minimum Gasteiger partial charge on any atom is -0.271 e. The highest BCUT2D eigenvalue weighted by Gasteiger charge is 2.13. The molecule has 1 aromatic carbocycles. The fourth-order valence-electron chi connectivity index (χ4n) is 2.08. The fourth-order valence-corrected chi connectivity index (χ4v) is 2.62. The number of benzene rings is 1. The first-order chi connectivity index (χ1) is 8.70. The zero-order valence-corrected chi connectivity index (χ0v) is 12.7. The van der Waals surface area contributed by atoms with Crippen molar-refractivity contribution < 1.29 is 0 Å². The van der Waals surface area contributed by atoms with E-state index in [1.54, 1.807) is 0 Å². The number of hydrazine groups is 1. The first kappa shape index (κ1) is 15.4. The first-order valence-corrected chi connectivity index (χ1v) is 7.32. The quantitative estimate of drug-likeness (QED) is 0.323. The zero-order chi connectivity index (χ0) is 13.4. The summed E-state index contributed by atoms with van der Waals surface area (Å²) in [5, 5.41) is 0. The van der Waals surface area contributed by atoms with Crippen LogP contribution in [-0.2, 0) is 0 Å². The predicted octanol–water partition coefficient (Wildman–Crippen LogP) is 4.40. The van der Waals surface area contributed by atoms with Gasteiger partial charge in [0.1, 0.15) is 0 Å². The third-order valence-electron chi connectivity index (χ3n) is 3.20. The van der Waals surface area contributed by atoms with Crippen LogP contribution in [0, 0.1) is 6.92 Å². The molecular formula is C15H23BrN2. The van der Waals surface area contributed by atoms with Crippen molar-refractivity contribution in [2.45, 2.75) is 45.1 Å². The topological polar surface area (TPSA) is 38.0 Å². The summed E-state index contributed by atoms with van der Waals surface area (Å²) in [5.74, 6) is 5.68. The summed E-state index contributed by atoms with van der Waals surface area (Å²) >= 11 is 3.65. The van der Waals surface area contributed by atoms with E-state index in [4.69, 9.17) is 5.84 Å². The van der Waals surface area contributed by atoms with E-state index in [1.807, 2.05) is 6.08 Å². The van der Waals surface area contributed by atoms with E-state index in [-0.39, 0.29) is 6.04 Å². The summed E-state index contributed by atoms with van der Waals surface area (Å²) in [7, 11) is 0. The third-order valence-corrected chi connectivity index (χ3v) is 4.28. The molecule has 0 aliphatic heterocycles. The monoisotopic (exact) mass is 310 g/mol. The number of nitrogens with one attached hydrogen (secondary N) is 1. The molecule has 3 heteroatoms. The molecule has 1 atom stereocenters. The van der Waals surface area contributed by atoms with Gasteiger partial charge >= 0.3 is 0 Å². The lowest BCUT2D eigenvalue weighted by molar-refractivity contribution is 0.482. The Hall–Kier alpha value is -0.640. The molecular weight excluding hydrogens is 288 g/mol. The standard InChI is InChI=1S/C15H23BrN2/c1-3-4-5-6-7-11-14(18-17)13-10-8-9-12(2)15(13)16/h3,8-10,14,18H,1,4-7,11,17H2,2H3. The number of aryl methyl sites for hydroxylation is 1. The van der Waals surface area contributed by atoms with Crippen molar-refractivity contribution >= 4 is 15.9 Å². The molecule has 100 valence electrons. The fraction of sp³-hybridized carbons (Fsp3) is 0.467. The molecule has 0 saturated heterocycles. The van der Waals surface area contributed by atoms with E-state index in [2.05, 4.69) is 53.1 Å². The molecule has 2 nitrogen and oxygen atoms in total. The van der Waals surface area contributed by atoms with Crippen LogP contribution in [0.3, 0.4) is 0 Å². The largest absolute Gasteiger partial charge is 0.271 e. The van der Waals surface area contributed by atoms with Gasteiger partial charge in [-0.25, -0.2) is 0 Å². The molecule has 0 aromatic heterocycles. The Labute approximate surface area is 119 Å². The van der Waals surface area contributed by atoms with Gasteiger partial charge in [0, 0.05) is 10.5 Å². The van der Waals surface area contributed by atoms with E-state index >= 15 is 0 Å². The number of halogens is 1. The van der Waals surface area contributed by atoms with Crippen LogP contribution in [0.15, 0.2) is 35.3 Å². The smallest absolute Gasteiger partial charge is 0.0471 e. The van der Waals surface area contributed by atoms with Crippen LogP contribution in [-0.4, -0.2) is 0 Å². The highest BCUT2D eigenvalue weighted by atomic mass is 79.9. The van der Waals surface area contributed by atoms with Crippen LogP contribution in [0.4, 0.5) is 0 Å². The molecule has 0 aliphatic rings. The van der Waals surface area contributed by atoms with Crippen LogP contribution in [0.5, 0.6) is 0 Å². The van der Waals surface area contributed by atoms with Crippen molar-refractivity contribution in [2.75, 3.05) is 0 Å². The van der Waals surface area contributed by atoms with Crippen molar-refractivity contribution in [3.8, 4) is 0 Å². The molecule has 0 fully saturated rings. The van der Waals surface area contributed by atoms with E-state index in [0.29, 0.717) is 0 Å². The number of allylic oxidation sites excluding steroid dienone is 1. The minimum atomic E-state index is 0.225. The summed E-state index contributed by atoms with van der Waals surface area (Å²) in [6, 6.07) is 6.54. The van der Waals surface area contributed by atoms with Gasteiger partial charge in [-0.3, -0.25) is 11.3 Å². The van der Waals surface area contributed by atoms with Gasteiger partial charge in [-0.2, -0.15) is 0 Å². The summed E-state index contributed by atoms with van der Waals surface area (Å²) in [4.78, 5) is 0. The molecule has 0 aliphatic carbocycles. The van der Waals surface area contributed by atoms with Crippen LogP contribution >= 0.6 is 15.9 Å². The first-order valence-electron chi connectivity index (χ1n) is 6.52. The SMILES string of the molecule is C=CCCCCCC(NN)c1cccc(C)c1Br. The lowest BCUT2D eigenvalue weighted by atomic mass is 9.99. The van der Waals surface area contributed by atoms with Crippen molar-refractivity contribution in [3.05, 3.63) is 46.5 Å². The lowest BCUT2D eigenvalue weighted by Gasteiger charge is -2.18. The Morgan fingerprint density at radius 2 is 2.17 bits per heavy atom. The highest BCUT2D eigenvalue weighted by Crippen LogP contribution is 2.29. The molecule has 1 aromatic rings. The van der Waals surface area contributed by atoms with Gasteiger partial charge in [0.2, 0.25) is 0 Å². The molecule has 1 rings (SSSR count). The number of unbranched alkanes of at least 4 members (excludes halogenated alkanes) is 3. The Kier molecular flexibility index (Phi) is 7.25. The van der Waals surface area contributed by atoms with Gasteiger partial charge in [-0.15, -0.1) is 6.58 Å². The molecule has 3 N–H and O–H groups in total. The van der Waals surface area contributed by atoms with Crippen LogP contribution in [0.25, 0.3) is 0 Å². The van der Waals surface area contributed by atoms with Crippen LogP contribution in [0.1, 0.15) is 49.3 Å². The Morgan fingerprint density at radius 3 is 2.83 bits per heavy atom. The second-order valence-electron chi connectivity index (χ2n) is 4.62. The van der Waals surface area contributed by atoms with E-state index in [1.165, 1.54) is 34.9 Å². The Balaban J connectivity index is 2.55.